The van der Waals surface area contributed by atoms with Crippen LogP contribution in [0.4, 0.5) is 0 Å². The Bertz CT molecular complexity index is 1010. The smallest absolute Gasteiger partial charge is 0.271 e. The van der Waals surface area contributed by atoms with Gasteiger partial charge < -0.3 is 19.2 Å². The van der Waals surface area contributed by atoms with Gasteiger partial charge in [0.2, 0.25) is 0 Å². The van der Waals surface area contributed by atoms with E-state index >= 15 is 0 Å². The van der Waals surface area contributed by atoms with Crippen molar-refractivity contribution in [1.29, 1.82) is 0 Å². The van der Waals surface area contributed by atoms with E-state index in [-0.39, 0.29) is 17.9 Å². The van der Waals surface area contributed by atoms with Crippen molar-refractivity contribution in [3.8, 4) is 0 Å². The number of carbonyl (C=O) groups is 2. The van der Waals surface area contributed by atoms with Gasteiger partial charge in [-0.05, 0) is 37.6 Å². The molecule has 4 heterocycles. The molecule has 0 bridgehead atoms. The van der Waals surface area contributed by atoms with E-state index in [1.807, 2.05) is 24.5 Å². The Morgan fingerprint density at radius 1 is 1.32 bits per heavy atom. The molecule has 0 aromatic carbocycles. The Morgan fingerprint density at radius 3 is 2.93 bits per heavy atom. The van der Waals surface area contributed by atoms with E-state index in [1.165, 1.54) is 0 Å². The third-order valence-corrected chi connectivity index (χ3v) is 4.85. The molecular formula is C20H21N5O3. The highest BCUT2D eigenvalue weighted by atomic mass is 16.3. The zero-order valence-electron chi connectivity index (χ0n) is 15.8. The van der Waals surface area contributed by atoms with Crippen LogP contribution in [0.25, 0.3) is 0 Å². The Kier molecular flexibility index (Phi) is 4.68. The number of hydrogen-bond donors (Lipinski definition) is 1. The number of carbonyl (C=O) groups excluding carboxylic acids is 2. The lowest BCUT2D eigenvalue weighted by Crippen LogP contribution is -2.41. The van der Waals surface area contributed by atoms with E-state index in [2.05, 4.69) is 15.3 Å². The molecule has 0 aliphatic carbocycles. The van der Waals surface area contributed by atoms with Crippen LogP contribution in [0.15, 0.2) is 47.5 Å². The van der Waals surface area contributed by atoms with Crippen molar-refractivity contribution in [3.63, 3.8) is 0 Å². The zero-order valence-corrected chi connectivity index (χ0v) is 15.8. The number of furan rings is 1. The van der Waals surface area contributed by atoms with Gasteiger partial charge in [-0.1, -0.05) is 0 Å². The molecule has 1 aliphatic heterocycles. The fourth-order valence-corrected chi connectivity index (χ4v) is 3.39. The summed E-state index contributed by atoms with van der Waals surface area (Å²) >= 11 is 0. The molecule has 0 unspecified atom stereocenters. The summed E-state index contributed by atoms with van der Waals surface area (Å²) < 4.78 is 7.15. The van der Waals surface area contributed by atoms with Crippen LogP contribution in [0.1, 0.15) is 51.0 Å². The molecule has 1 N–H and O–H groups in total. The van der Waals surface area contributed by atoms with Crippen LogP contribution in [0, 0.1) is 6.92 Å². The second kappa shape index (κ2) is 7.30. The quantitative estimate of drug-likeness (QED) is 0.751. The molecule has 28 heavy (non-hydrogen) atoms. The average molecular weight is 379 g/mol. The van der Waals surface area contributed by atoms with E-state index in [1.54, 1.807) is 41.9 Å². The number of hydrogen-bond acceptors (Lipinski definition) is 5. The van der Waals surface area contributed by atoms with E-state index in [0.29, 0.717) is 42.5 Å². The molecule has 0 saturated heterocycles. The average Bonchev–Trinajstić information content (AvgIpc) is 3.36. The molecule has 0 spiro atoms. The Morgan fingerprint density at radius 2 is 2.18 bits per heavy atom. The predicted octanol–water partition coefficient (Wildman–Crippen LogP) is 2.33. The molecule has 4 rings (SSSR count). The first kappa shape index (κ1) is 18.0. The summed E-state index contributed by atoms with van der Waals surface area (Å²) in [6.07, 6.45) is 6.60. The van der Waals surface area contributed by atoms with Crippen LogP contribution < -0.4 is 5.32 Å². The molecule has 8 heteroatoms. The first-order valence-electron chi connectivity index (χ1n) is 9.13. The highest BCUT2D eigenvalue weighted by molar-refractivity contribution is 5.94. The van der Waals surface area contributed by atoms with E-state index in [0.717, 1.165) is 5.56 Å². The van der Waals surface area contributed by atoms with Crippen LogP contribution in [-0.4, -0.2) is 37.8 Å². The number of aromatic nitrogens is 3. The number of amides is 2. The Labute approximate surface area is 162 Å². The number of fused-ring (bicyclic) bond motifs is 1. The summed E-state index contributed by atoms with van der Waals surface area (Å²) in [7, 11) is 0. The van der Waals surface area contributed by atoms with Gasteiger partial charge in [0, 0.05) is 31.7 Å². The second-order valence-electron chi connectivity index (χ2n) is 6.87. The topological polar surface area (TPSA) is 93.3 Å². The van der Waals surface area contributed by atoms with Crippen molar-refractivity contribution in [2.45, 2.75) is 33.0 Å². The summed E-state index contributed by atoms with van der Waals surface area (Å²) in [6.45, 7) is 5.26. The molecule has 1 atom stereocenters. The van der Waals surface area contributed by atoms with Gasteiger partial charge in [-0.2, -0.15) is 0 Å². The minimum atomic E-state index is -0.272. The monoisotopic (exact) mass is 379 g/mol. The van der Waals surface area contributed by atoms with Gasteiger partial charge >= 0.3 is 0 Å². The van der Waals surface area contributed by atoms with Crippen LogP contribution >= 0.6 is 0 Å². The molecule has 2 amide bonds. The molecule has 3 aromatic heterocycles. The lowest BCUT2D eigenvalue weighted by atomic mass is 10.1. The van der Waals surface area contributed by atoms with Gasteiger partial charge in [0.05, 0.1) is 24.4 Å². The fourth-order valence-electron chi connectivity index (χ4n) is 3.39. The molecule has 0 radical (unpaired) electrons. The molecular weight excluding hydrogens is 358 g/mol. The molecule has 3 aromatic rings. The highest BCUT2D eigenvalue weighted by Crippen LogP contribution is 2.26. The normalized spacial score (nSPS) is 15.9. The van der Waals surface area contributed by atoms with Crippen molar-refractivity contribution in [2.24, 2.45) is 0 Å². The standard InChI is InChI=1S/C20H21N5O3/c1-13-8-15(10-21-9-13)20(27)25-6-5-24-12-17(23-18(24)14(25)2)19(26)22-11-16-4-3-7-28-16/h3-4,7-10,12,14H,5-6,11H2,1-2H3,(H,22,26)/t14-/m1/s1. The first-order valence-corrected chi connectivity index (χ1v) is 9.13. The third-order valence-electron chi connectivity index (χ3n) is 4.85. The zero-order chi connectivity index (χ0) is 19.7. The van der Waals surface area contributed by atoms with Gasteiger partial charge in [0.15, 0.2) is 0 Å². The lowest BCUT2D eigenvalue weighted by Gasteiger charge is -2.33. The van der Waals surface area contributed by atoms with Crippen molar-refractivity contribution < 1.29 is 14.0 Å². The Balaban J connectivity index is 1.49. The number of rotatable bonds is 4. The van der Waals surface area contributed by atoms with Gasteiger partial charge in [-0.25, -0.2) is 4.98 Å². The highest BCUT2D eigenvalue weighted by Gasteiger charge is 2.31. The van der Waals surface area contributed by atoms with Crippen LogP contribution in [-0.2, 0) is 13.1 Å². The van der Waals surface area contributed by atoms with Gasteiger partial charge in [0.1, 0.15) is 17.3 Å². The third kappa shape index (κ3) is 3.40. The fraction of sp³-hybridized carbons (Fsp3) is 0.300. The predicted molar refractivity (Wildman–Crippen MR) is 101 cm³/mol. The van der Waals surface area contributed by atoms with Gasteiger partial charge in [-0.15, -0.1) is 0 Å². The summed E-state index contributed by atoms with van der Waals surface area (Å²) in [5.74, 6) is 1.02. The number of pyridine rings is 1. The summed E-state index contributed by atoms with van der Waals surface area (Å²) in [4.78, 5) is 35.7. The summed E-state index contributed by atoms with van der Waals surface area (Å²) in [6, 6.07) is 5.16. The molecule has 1 aliphatic rings. The lowest BCUT2D eigenvalue weighted by molar-refractivity contribution is 0.0637. The minimum Gasteiger partial charge on any atom is -0.467 e. The summed E-state index contributed by atoms with van der Waals surface area (Å²) in [5, 5.41) is 2.79. The maximum atomic E-state index is 12.9. The second-order valence-corrected chi connectivity index (χ2v) is 6.87. The van der Waals surface area contributed by atoms with Crippen LogP contribution in [0.5, 0.6) is 0 Å². The first-order chi connectivity index (χ1) is 13.5. The maximum Gasteiger partial charge on any atom is 0.271 e. The van der Waals surface area contributed by atoms with E-state index < -0.39 is 0 Å². The van der Waals surface area contributed by atoms with Gasteiger partial charge in [0.25, 0.3) is 11.8 Å². The molecule has 0 saturated carbocycles. The SMILES string of the molecule is Cc1cncc(C(=O)N2CCn3cc(C(=O)NCc4ccco4)nc3[C@H]2C)c1. The largest absolute Gasteiger partial charge is 0.467 e. The molecule has 0 fully saturated rings. The number of aryl methyl sites for hydroxylation is 1. The van der Waals surface area contributed by atoms with Crippen molar-refractivity contribution >= 4 is 11.8 Å². The molecule has 144 valence electrons. The molecule has 8 nitrogen and oxygen atoms in total. The Hall–Kier alpha value is -3.42. The number of nitrogens with one attached hydrogen (secondary N) is 1. The minimum absolute atomic E-state index is 0.0817. The number of nitrogens with zero attached hydrogens (tertiary/aromatic N) is 4. The maximum absolute atomic E-state index is 12.9. The van der Waals surface area contributed by atoms with Crippen LogP contribution in [0.3, 0.4) is 0 Å². The van der Waals surface area contributed by atoms with Gasteiger partial charge in [-0.3, -0.25) is 14.6 Å². The number of imidazole rings is 1. The van der Waals surface area contributed by atoms with Crippen molar-refractivity contribution in [1.82, 2.24) is 24.8 Å². The summed E-state index contributed by atoms with van der Waals surface area (Å²) in [5.41, 5.74) is 1.83. The van der Waals surface area contributed by atoms with E-state index in [9.17, 15) is 9.59 Å². The van der Waals surface area contributed by atoms with E-state index in [4.69, 9.17) is 4.42 Å². The van der Waals surface area contributed by atoms with Crippen LogP contribution in [0.2, 0.25) is 0 Å². The van der Waals surface area contributed by atoms with Crippen molar-refractivity contribution in [3.05, 3.63) is 71.5 Å². The van der Waals surface area contributed by atoms with Crippen molar-refractivity contribution in [2.75, 3.05) is 6.54 Å².